The molecule has 0 aliphatic carbocycles. The quantitative estimate of drug-likeness (QED) is 0.571. The van der Waals surface area contributed by atoms with Gasteiger partial charge in [-0.3, -0.25) is 0 Å². The topological polar surface area (TPSA) is 25.8 Å². The van der Waals surface area contributed by atoms with Crippen molar-refractivity contribution < 1.29 is 0 Å². The van der Waals surface area contributed by atoms with E-state index in [2.05, 4.69) is 9.97 Å². The Labute approximate surface area is 99.5 Å². The Bertz CT molecular complexity index is 449. The molecule has 6 heteroatoms. The molecule has 2 nitrogen and oxygen atoms in total. The van der Waals surface area contributed by atoms with Gasteiger partial charge in [0.1, 0.15) is 5.15 Å². The van der Waals surface area contributed by atoms with Gasteiger partial charge in [-0.15, -0.1) is 11.3 Å². The molecule has 2 aromatic rings. The number of hydrogen-bond donors (Lipinski definition) is 0. The van der Waals surface area contributed by atoms with Gasteiger partial charge in [0.15, 0.2) is 0 Å². The van der Waals surface area contributed by atoms with E-state index in [1.165, 1.54) is 11.3 Å². The van der Waals surface area contributed by atoms with Crippen LogP contribution in [-0.4, -0.2) is 9.97 Å². The largest absolute Gasteiger partial charge is 0.224 e. The Balaban J connectivity index is 2.51. The molecule has 0 saturated heterocycles. The van der Waals surface area contributed by atoms with Crippen molar-refractivity contribution in [1.29, 1.82) is 0 Å². The highest BCUT2D eigenvalue weighted by Gasteiger charge is 2.05. The third-order valence-electron chi connectivity index (χ3n) is 1.53. The van der Waals surface area contributed by atoms with Crippen LogP contribution in [0.15, 0.2) is 17.5 Å². The van der Waals surface area contributed by atoms with Gasteiger partial charge in [0.05, 0.1) is 10.0 Å². The van der Waals surface area contributed by atoms with Crippen molar-refractivity contribution in [2.45, 2.75) is 0 Å². The summed E-state index contributed by atoms with van der Waals surface area (Å²) in [4.78, 5) is 7.79. The normalized spacial score (nSPS) is 10.5. The highest BCUT2D eigenvalue weighted by atomic mass is 35.5. The lowest BCUT2D eigenvalue weighted by molar-refractivity contribution is 1.17. The summed E-state index contributed by atoms with van der Waals surface area (Å²) >= 11 is 18.6. The highest BCUT2D eigenvalue weighted by molar-refractivity contribution is 7.14. The van der Waals surface area contributed by atoms with Gasteiger partial charge in [-0.05, 0) is 17.7 Å². The summed E-state index contributed by atoms with van der Waals surface area (Å²) in [7, 11) is 0. The Hall–Kier alpha value is -0.350. The maximum atomic E-state index is 5.80. The fourth-order valence-electron chi connectivity index (χ4n) is 0.982. The number of nitrogens with zero attached hydrogens (tertiary/aromatic N) is 2. The van der Waals surface area contributed by atoms with Crippen LogP contribution < -0.4 is 0 Å². The summed E-state index contributed by atoms with van der Waals surface area (Å²) in [5.41, 5.74) is 1.57. The molecule has 0 fully saturated rings. The smallest absolute Gasteiger partial charge is 0.218 e. The minimum Gasteiger partial charge on any atom is -0.218 e. The van der Waals surface area contributed by atoms with Crippen molar-refractivity contribution in [2.75, 3.05) is 0 Å². The molecule has 2 heterocycles. The lowest BCUT2D eigenvalue weighted by atomic mass is 10.2. The molecular formula is C8H3Cl3N2S. The molecule has 0 aliphatic rings. The van der Waals surface area contributed by atoms with Crippen LogP contribution >= 0.6 is 46.1 Å². The minimum absolute atomic E-state index is 0.134. The summed E-state index contributed by atoms with van der Waals surface area (Å²) in [5.74, 6) is 0. The van der Waals surface area contributed by atoms with Crippen LogP contribution in [0.2, 0.25) is 14.8 Å². The fraction of sp³-hybridized carbons (Fsp3) is 0. The lowest BCUT2D eigenvalue weighted by Crippen LogP contribution is -1.86. The molecule has 2 aromatic heterocycles. The van der Waals surface area contributed by atoms with Crippen LogP contribution in [0.1, 0.15) is 0 Å². The van der Waals surface area contributed by atoms with Gasteiger partial charge in [-0.1, -0.05) is 23.2 Å². The Morgan fingerprint density at radius 2 is 1.86 bits per heavy atom. The minimum atomic E-state index is 0.134. The summed E-state index contributed by atoms with van der Waals surface area (Å²) in [6.45, 7) is 0. The fourth-order valence-corrected chi connectivity index (χ4v) is 2.27. The van der Waals surface area contributed by atoms with Crippen LogP contribution in [0.5, 0.6) is 0 Å². The second-order valence-electron chi connectivity index (χ2n) is 2.48. The molecule has 2 rings (SSSR count). The third-order valence-corrected chi connectivity index (χ3v) is 2.98. The van der Waals surface area contributed by atoms with E-state index < -0.39 is 0 Å². The molecule has 0 radical (unpaired) electrons. The summed E-state index contributed by atoms with van der Waals surface area (Å²) in [6.07, 6.45) is 0. The van der Waals surface area contributed by atoms with Crippen LogP contribution in [-0.2, 0) is 0 Å². The molecule has 0 saturated carbocycles. The van der Waals surface area contributed by atoms with Gasteiger partial charge in [0.25, 0.3) is 0 Å². The monoisotopic (exact) mass is 264 g/mol. The predicted molar refractivity (Wildman–Crippen MR) is 60.4 cm³/mol. The predicted octanol–water partition coefficient (Wildman–Crippen LogP) is 4.17. The van der Waals surface area contributed by atoms with E-state index in [9.17, 15) is 0 Å². The number of aromatic nitrogens is 2. The molecule has 0 spiro atoms. The molecule has 0 amide bonds. The van der Waals surface area contributed by atoms with Crippen molar-refractivity contribution in [2.24, 2.45) is 0 Å². The molecule has 0 aromatic carbocycles. The Kier molecular flexibility index (Phi) is 2.93. The van der Waals surface area contributed by atoms with Gasteiger partial charge < -0.3 is 0 Å². The molecular weight excluding hydrogens is 263 g/mol. The first-order chi connectivity index (χ1) is 6.65. The van der Waals surface area contributed by atoms with E-state index in [0.717, 1.165) is 5.56 Å². The van der Waals surface area contributed by atoms with E-state index >= 15 is 0 Å². The second-order valence-corrected chi connectivity index (χ2v) is 4.75. The maximum absolute atomic E-state index is 5.80. The number of hydrogen-bond acceptors (Lipinski definition) is 3. The molecule has 0 atom stereocenters. The molecule has 0 aliphatic heterocycles. The molecule has 14 heavy (non-hydrogen) atoms. The van der Waals surface area contributed by atoms with Crippen molar-refractivity contribution in [3.63, 3.8) is 0 Å². The number of halogens is 3. The van der Waals surface area contributed by atoms with Crippen molar-refractivity contribution in [3.8, 4) is 11.3 Å². The van der Waals surface area contributed by atoms with E-state index in [-0.39, 0.29) is 5.28 Å². The van der Waals surface area contributed by atoms with Crippen molar-refractivity contribution >= 4 is 46.1 Å². The SMILES string of the molecule is Clc1cc(-c2csc(Cl)c2)nc(Cl)n1. The highest BCUT2D eigenvalue weighted by Crippen LogP contribution is 2.28. The standard InChI is InChI=1S/C8H3Cl3N2S/c9-6-2-5(12-8(11)13-6)4-1-7(10)14-3-4/h1-3H. The first-order valence-electron chi connectivity index (χ1n) is 3.59. The van der Waals surface area contributed by atoms with Crippen molar-refractivity contribution in [1.82, 2.24) is 9.97 Å². The average molecular weight is 266 g/mol. The summed E-state index contributed by atoms with van der Waals surface area (Å²) < 4.78 is 0.700. The zero-order valence-electron chi connectivity index (χ0n) is 6.67. The zero-order valence-corrected chi connectivity index (χ0v) is 9.75. The van der Waals surface area contributed by atoms with E-state index in [1.54, 1.807) is 12.1 Å². The molecule has 0 unspecified atom stereocenters. The van der Waals surface area contributed by atoms with Gasteiger partial charge >= 0.3 is 0 Å². The van der Waals surface area contributed by atoms with Crippen LogP contribution in [0.25, 0.3) is 11.3 Å². The zero-order chi connectivity index (χ0) is 10.1. The Morgan fingerprint density at radius 3 is 2.43 bits per heavy atom. The van der Waals surface area contributed by atoms with Crippen LogP contribution in [0.3, 0.4) is 0 Å². The van der Waals surface area contributed by atoms with Crippen LogP contribution in [0, 0.1) is 0 Å². The summed E-state index contributed by atoms with van der Waals surface area (Å²) in [6, 6.07) is 3.45. The number of rotatable bonds is 1. The second kappa shape index (κ2) is 4.03. The van der Waals surface area contributed by atoms with E-state index in [4.69, 9.17) is 34.8 Å². The molecule has 0 N–H and O–H groups in total. The Morgan fingerprint density at radius 1 is 1.07 bits per heavy atom. The van der Waals surface area contributed by atoms with Crippen molar-refractivity contribution in [3.05, 3.63) is 32.3 Å². The van der Waals surface area contributed by atoms with Crippen LogP contribution in [0.4, 0.5) is 0 Å². The lowest BCUT2D eigenvalue weighted by Gasteiger charge is -1.97. The van der Waals surface area contributed by atoms with Gasteiger partial charge in [-0.25, -0.2) is 9.97 Å². The summed E-state index contributed by atoms with van der Waals surface area (Å²) in [5, 5.41) is 2.34. The molecule has 72 valence electrons. The maximum Gasteiger partial charge on any atom is 0.224 e. The number of thiophene rings is 1. The first kappa shape index (κ1) is 10.2. The van der Waals surface area contributed by atoms with Gasteiger partial charge in [0, 0.05) is 17.0 Å². The first-order valence-corrected chi connectivity index (χ1v) is 5.61. The molecule has 0 bridgehead atoms. The van der Waals surface area contributed by atoms with Gasteiger partial charge in [-0.2, -0.15) is 0 Å². The third kappa shape index (κ3) is 2.17. The van der Waals surface area contributed by atoms with Gasteiger partial charge in [0.2, 0.25) is 5.28 Å². The average Bonchev–Trinajstić information content (AvgIpc) is 2.50. The van der Waals surface area contributed by atoms with E-state index in [1.807, 2.05) is 5.38 Å². The van der Waals surface area contributed by atoms with E-state index in [0.29, 0.717) is 15.2 Å².